The van der Waals surface area contributed by atoms with Gasteiger partial charge in [0.25, 0.3) is 5.09 Å². The van der Waals surface area contributed by atoms with Gasteiger partial charge in [0.2, 0.25) is 0 Å². The monoisotopic (exact) mass is 189 g/mol. The molecule has 0 saturated heterocycles. The Morgan fingerprint density at radius 1 is 1.07 bits per heavy atom. The van der Waals surface area contributed by atoms with Gasteiger partial charge in [0.15, 0.2) is 0 Å². The van der Waals surface area contributed by atoms with Crippen LogP contribution in [0.4, 0.5) is 0 Å². The summed E-state index contributed by atoms with van der Waals surface area (Å²) in [6, 6.07) is 12.5. The molecule has 0 spiro atoms. The summed E-state index contributed by atoms with van der Waals surface area (Å²) in [5.41, 5.74) is 0. The minimum atomic E-state index is -0.804. The summed E-state index contributed by atoms with van der Waals surface area (Å²) in [6.45, 7) is 0. The van der Waals surface area contributed by atoms with Crippen LogP contribution in [0, 0.1) is 10.1 Å². The Bertz CT molecular complexity index is 476. The summed E-state index contributed by atoms with van der Waals surface area (Å²) >= 11 is 0. The van der Waals surface area contributed by atoms with E-state index in [0.717, 1.165) is 10.8 Å². The predicted octanol–water partition coefficient (Wildman–Crippen LogP) is 2.41. The molecule has 2 rings (SSSR count). The molecular weight excluding hydrogens is 182 g/mol. The number of fused-ring (bicyclic) bond motifs is 1. The lowest BCUT2D eigenvalue weighted by atomic mass is 10.1. The SMILES string of the molecule is O=[N+]([O-])Oc1cccc2ccccc12. The van der Waals surface area contributed by atoms with E-state index in [-0.39, 0.29) is 5.75 Å². The number of hydrogen-bond donors (Lipinski definition) is 0. The van der Waals surface area contributed by atoms with Gasteiger partial charge < -0.3 is 0 Å². The van der Waals surface area contributed by atoms with Crippen molar-refractivity contribution in [2.75, 3.05) is 0 Å². The maximum absolute atomic E-state index is 10.2. The van der Waals surface area contributed by atoms with Crippen LogP contribution < -0.4 is 4.84 Å². The Kier molecular flexibility index (Phi) is 2.02. The minimum absolute atomic E-state index is 0.271. The minimum Gasteiger partial charge on any atom is -0.276 e. The molecule has 70 valence electrons. The first kappa shape index (κ1) is 8.50. The molecule has 0 bridgehead atoms. The quantitative estimate of drug-likeness (QED) is 0.538. The van der Waals surface area contributed by atoms with E-state index >= 15 is 0 Å². The summed E-state index contributed by atoms with van der Waals surface area (Å²) in [4.78, 5) is 14.6. The van der Waals surface area contributed by atoms with Crippen molar-refractivity contribution in [3.05, 3.63) is 52.6 Å². The van der Waals surface area contributed by atoms with Crippen molar-refractivity contribution >= 4 is 10.8 Å². The van der Waals surface area contributed by atoms with Gasteiger partial charge in [-0.2, -0.15) is 0 Å². The van der Waals surface area contributed by atoms with Gasteiger partial charge in [-0.05, 0) is 11.5 Å². The fourth-order valence-electron chi connectivity index (χ4n) is 1.36. The van der Waals surface area contributed by atoms with Crippen molar-refractivity contribution in [3.63, 3.8) is 0 Å². The molecule has 0 saturated carbocycles. The highest BCUT2D eigenvalue weighted by atomic mass is 17.0. The fourth-order valence-corrected chi connectivity index (χ4v) is 1.36. The Balaban J connectivity index is 2.59. The van der Waals surface area contributed by atoms with E-state index in [1.54, 1.807) is 18.2 Å². The van der Waals surface area contributed by atoms with E-state index in [4.69, 9.17) is 0 Å². The molecule has 0 aromatic heterocycles. The number of benzene rings is 2. The highest BCUT2D eigenvalue weighted by Gasteiger charge is 2.03. The topological polar surface area (TPSA) is 52.4 Å². The maximum Gasteiger partial charge on any atom is 0.299 e. The summed E-state index contributed by atoms with van der Waals surface area (Å²) in [7, 11) is 0. The lowest BCUT2D eigenvalue weighted by molar-refractivity contribution is -0.710. The van der Waals surface area contributed by atoms with Crippen molar-refractivity contribution < 1.29 is 9.92 Å². The standard InChI is InChI=1S/C10H7NO3/c12-11(13)14-10-7-3-5-8-4-1-2-6-9(8)10/h1-7H. The largest absolute Gasteiger partial charge is 0.299 e. The number of hydrogen-bond acceptors (Lipinski definition) is 3. The highest BCUT2D eigenvalue weighted by Crippen LogP contribution is 2.24. The Morgan fingerprint density at radius 2 is 1.79 bits per heavy atom. The molecule has 4 nitrogen and oxygen atoms in total. The molecule has 0 fully saturated rings. The lowest BCUT2D eigenvalue weighted by Gasteiger charge is -2.02. The van der Waals surface area contributed by atoms with Gasteiger partial charge in [-0.3, -0.25) is 4.84 Å². The van der Waals surface area contributed by atoms with Crippen LogP contribution >= 0.6 is 0 Å². The van der Waals surface area contributed by atoms with Crippen LogP contribution in [0.5, 0.6) is 5.75 Å². The summed E-state index contributed by atoms with van der Waals surface area (Å²) in [5.74, 6) is 0.271. The second-order valence-corrected chi connectivity index (χ2v) is 2.79. The molecule has 0 radical (unpaired) electrons. The van der Waals surface area contributed by atoms with Crippen molar-refractivity contribution in [1.29, 1.82) is 0 Å². The molecule has 0 amide bonds. The predicted molar refractivity (Wildman–Crippen MR) is 51.6 cm³/mol. The van der Waals surface area contributed by atoms with E-state index in [1.807, 2.05) is 24.3 Å². The first-order chi connectivity index (χ1) is 6.77. The molecule has 2 aromatic rings. The molecule has 14 heavy (non-hydrogen) atoms. The molecule has 0 unspecified atom stereocenters. The first-order valence-corrected chi connectivity index (χ1v) is 4.07. The van der Waals surface area contributed by atoms with Gasteiger partial charge in [0, 0.05) is 5.39 Å². The Morgan fingerprint density at radius 3 is 2.57 bits per heavy atom. The zero-order chi connectivity index (χ0) is 9.97. The molecule has 0 aliphatic rings. The summed E-state index contributed by atoms with van der Waals surface area (Å²) in [6.07, 6.45) is 0. The van der Waals surface area contributed by atoms with Crippen molar-refractivity contribution in [2.45, 2.75) is 0 Å². The van der Waals surface area contributed by atoms with Gasteiger partial charge in [-0.15, -0.1) is 10.1 Å². The van der Waals surface area contributed by atoms with Crippen LogP contribution in [0.3, 0.4) is 0 Å². The van der Waals surface area contributed by atoms with Crippen LogP contribution in [0.2, 0.25) is 0 Å². The average Bonchev–Trinajstić information content (AvgIpc) is 2.18. The molecule has 2 aromatic carbocycles. The normalized spacial score (nSPS) is 10.0. The Labute approximate surface area is 79.8 Å². The van der Waals surface area contributed by atoms with Crippen molar-refractivity contribution in [2.24, 2.45) is 0 Å². The second-order valence-electron chi connectivity index (χ2n) is 2.79. The fraction of sp³-hybridized carbons (Fsp3) is 0. The number of rotatable bonds is 2. The van der Waals surface area contributed by atoms with E-state index in [9.17, 15) is 10.1 Å². The van der Waals surface area contributed by atoms with Crippen LogP contribution in [0.1, 0.15) is 0 Å². The smallest absolute Gasteiger partial charge is 0.276 e. The third-order valence-electron chi connectivity index (χ3n) is 1.92. The first-order valence-electron chi connectivity index (χ1n) is 4.07. The third kappa shape index (κ3) is 1.50. The van der Waals surface area contributed by atoms with E-state index in [2.05, 4.69) is 4.84 Å². The zero-order valence-electron chi connectivity index (χ0n) is 7.21. The highest BCUT2D eigenvalue weighted by molar-refractivity contribution is 5.88. The maximum atomic E-state index is 10.2. The lowest BCUT2D eigenvalue weighted by Crippen LogP contribution is -2.03. The molecule has 0 atom stereocenters. The van der Waals surface area contributed by atoms with E-state index in [1.165, 1.54) is 0 Å². The van der Waals surface area contributed by atoms with Gasteiger partial charge in [-0.25, -0.2) is 0 Å². The van der Waals surface area contributed by atoms with Gasteiger partial charge in [-0.1, -0.05) is 36.4 Å². The molecule has 4 heteroatoms. The molecule has 0 N–H and O–H groups in total. The summed E-state index contributed by atoms with van der Waals surface area (Å²) < 4.78 is 0. The van der Waals surface area contributed by atoms with Crippen LogP contribution in [0.15, 0.2) is 42.5 Å². The molecule has 0 aliphatic heterocycles. The Hall–Kier alpha value is -2.10. The van der Waals surface area contributed by atoms with E-state index in [0.29, 0.717) is 0 Å². The summed E-state index contributed by atoms with van der Waals surface area (Å²) in [5, 5.41) is 11.1. The van der Waals surface area contributed by atoms with Crippen molar-refractivity contribution in [3.8, 4) is 5.75 Å². The van der Waals surface area contributed by atoms with Crippen LogP contribution in [-0.2, 0) is 0 Å². The van der Waals surface area contributed by atoms with Crippen molar-refractivity contribution in [1.82, 2.24) is 0 Å². The third-order valence-corrected chi connectivity index (χ3v) is 1.92. The number of nitrogens with zero attached hydrogens (tertiary/aromatic N) is 1. The molecule has 0 aliphatic carbocycles. The van der Waals surface area contributed by atoms with Crippen LogP contribution in [0.25, 0.3) is 10.8 Å². The molecule has 0 heterocycles. The molecular formula is C10H7NO3. The van der Waals surface area contributed by atoms with Gasteiger partial charge >= 0.3 is 0 Å². The van der Waals surface area contributed by atoms with E-state index < -0.39 is 5.09 Å². The average molecular weight is 189 g/mol. The van der Waals surface area contributed by atoms with Gasteiger partial charge in [0.05, 0.1) is 0 Å². The zero-order valence-corrected chi connectivity index (χ0v) is 7.21. The second kappa shape index (κ2) is 3.33. The van der Waals surface area contributed by atoms with Gasteiger partial charge in [0.1, 0.15) is 5.75 Å². The van der Waals surface area contributed by atoms with Crippen LogP contribution in [-0.4, -0.2) is 5.09 Å².